The molecule has 0 radical (unpaired) electrons. The fraction of sp³-hybridized carbons (Fsp3) is 0.500. The second kappa shape index (κ2) is 6.84. The molecule has 0 saturated carbocycles. The van der Waals surface area contributed by atoms with Crippen molar-refractivity contribution < 1.29 is 13.2 Å². The van der Waals surface area contributed by atoms with E-state index in [1.807, 2.05) is 12.1 Å². The largest absolute Gasteiger partial charge is 0.380 e. The van der Waals surface area contributed by atoms with E-state index in [1.165, 1.54) is 0 Å². The highest BCUT2D eigenvalue weighted by Crippen LogP contribution is 2.07. The third-order valence-electron chi connectivity index (χ3n) is 2.61. The maximum absolute atomic E-state index is 11.8. The Morgan fingerprint density at radius 2 is 1.83 bits per heavy atom. The van der Waals surface area contributed by atoms with Crippen LogP contribution >= 0.6 is 0 Å². The summed E-state index contributed by atoms with van der Waals surface area (Å²) >= 11 is 0. The van der Waals surface area contributed by atoms with Gasteiger partial charge in [0.05, 0.1) is 11.9 Å². The molecule has 1 unspecified atom stereocenters. The number of methoxy groups -OCH3 is 1. The van der Waals surface area contributed by atoms with Crippen LogP contribution in [0.15, 0.2) is 24.3 Å². The quantitative estimate of drug-likeness (QED) is 0.761. The molecule has 1 aromatic rings. The number of nitrogens with one attached hydrogen (secondary N) is 1. The van der Waals surface area contributed by atoms with Crippen LogP contribution in [0.1, 0.15) is 18.1 Å². The molecule has 6 heteroatoms. The molecule has 0 aromatic heterocycles. The molecule has 0 aliphatic rings. The summed E-state index contributed by atoms with van der Waals surface area (Å²) in [7, 11) is -1.77. The van der Waals surface area contributed by atoms with Gasteiger partial charge in [-0.05, 0) is 18.1 Å². The van der Waals surface area contributed by atoms with Crippen LogP contribution in [-0.2, 0) is 27.1 Å². The third-order valence-corrected chi connectivity index (χ3v) is 3.93. The molecule has 3 N–H and O–H groups in total. The number of hydrogen-bond donors (Lipinski definition) is 2. The van der Waals surface area contributed by atoms with Gasteiger partial charge in [-0.2, -0.15) is 0 Å². The minimum absolute atomic E-state index is 0.0334. The van der Waals surface area contributed by atoms with Crippen molar-refractivity contribution >= 4 is 10.0 Å². The second-order valence-electron chi connectivity index (χ2n) is 4.17. The van der Waals surface area contributed by atoms with Gasteiger partial charge in [-0.15, -0.1) is 0 Å². The van der Waals surface area contributed by atoms with Gasteiger partial charge in [0.2, 0.25) is 10.0 Å². The Bertz CT molecular complexity index is 457. The van der Waals surface area contributed by atoms with Crippen LogP contribution in [-0.4, -0.2) is 28.2 Å². The lowest BCUT2D eigenvalue weighted by atomic mass is 10.1. The normalized spacial score (nSPS) is 13.5. The molecule has 1 aromatic carbocycles. The van der Waals surface area contributed by atoms with Gasteiger partial charge < -0.3 is 10.5 Å². The summed E-state index contributed by atoms with van der Waals surface area (Å²) in [5.41, 5.74) is 7.20. The van der Waals surface area contributed by atoms with Crippen molar-refractivity contribution in [2.24, 2.45) is 5.73 Å². The predicted octanol–water partition coefficient (Wildman–Crippen LogP) is 0.600. The van der Waals surface area contributed by atoms with Crippen LogP contribution in [0.25, 0.3) is 0 Å². The lowest BCUT2D eigenvalue weighted by molar-refractivity contribution is 0.122. The fourth-order valence-corrected chi connectivity index (χ4v) is 2.59. The van der Waals surface area contributed by atoms with Gasteiger partial charge in [0, 0.05) is 20.2 Å². The topological polar surface area (TPSA) is 81.4 Å². The average Bonchev–Trinajstić information content (AvgIpc) is 2.36. The van der Waals surface area contributed by atoms with E-state index in [9.17, 15) is 8.42 Å². The van der Waals surface area contributed by atoms with E-state index in [2.05, 4.69) is 4.72 Å². The van der Waals surface area contributed by atoms with Crippen LogP contribution in [0.4, 0.5) is 0 Å². The molecule has 0 spiro atoms. The van der Waals surface area contributed by atoms with Gasteiger partial charge >= 0.3 is 0 Å². The van der Waals surface area contributed by atoms with Gasteiger partial charge in [0.1, 0.15) is 0 Å². The van der Waals surface area contributed by atoms with E-state index < -0.39 is 10.0 Å². The van der Waals surface area contributed by atoms with Crippen molar-refractivity contribution in [2.45, 2.75) is 25.3 Å². The first-order valence-corrected chi connectivity index (χ1v) is 7.40. The molecular formula is C12H20N2O3S. The van der Waals surface area contributed by atoms with Crippen molar-refractivity contribution in [1.29, 1.82) is 0 Å². The first-order chi connectivity index (χ1) is 8.46. The van der Waals surface area contributed by atoms with Crippen molar-refractivity contribution in [1.82, 2.24) is 4.72 Å². The zero-order valence-corrected chi connectivity index (χ0v) is 11.5. The van der Waals surface area contributed by atoms with Crippen LogP contribution in [0.5, 0.6) is 0 Å². The van der Waals surface area contributed by atoms with E-state index in [0.29, 0.717) is 6.54 Å². The minimum Gasteiger partial charge on any atom is -0.380 e. The maximum atomic E-state index is 11.8. The van der Waals surface area contributed by atoms with E-state index in [4.69, 9.17) is 10.5 Å². The molecule has 0 bridgehead atoms. The molecule has 0 amide bonds. The highest BCUT2D eigenvalue weighted by molar-refractivity contribution is 7.88. The van der Waals surface area contributed by atoms with Gasteiger partial charge in [-0.25, -0.2) is 13.1 Å². The number of ether oxygens (including phenoxy) is 1. The third kappa shape index (κ3) is 5.14. The maximum Gasteiger partial charge on any atom is 0.215 e. The van der Waals surface area contributed by atoms with Gasteiger partial charge in [0.25, 0.3) is 0 Å². The molecule has 102 valence electrons. The highest BCUT2D eigenvalue weighted by Gasteiger charge is 2.12. The SMILES string of the molecule is COC(C)CNS(=O)(=O)Cc1ccc(CN)cc1. The molecule has 1 rings (SSSR count). The highest BCUT2D eigenvalue weighted by atomic mass is 32.2. The lowest BCUT2D eigenvalue weighted by Gasteiger charge is -2.11. The Kier molecular flexibility index (Phi) is 5.74. The van der Waals surface area contributed by atoms with Crippen LogP contribution in [0, 0.1) is 0 Å². The lowest BCUT2D eigenvalue weighted by Crippen LogP contribution is -2.32. The number of benzene rings is 1. The van der Waals surface area contributed by atoms with E-state index in [0.717, 1.165) is 11.1 Å². The zero-order chi connectivity index (χ0) is 13.6. The van der Waals surface area contributed by atoms with Crippen molar-refractivity contribution in [2.75, 3.05) is 13.7 Å². The Labute approximate surface area is 108 Å². The Morgan fingerprint density at radius 1 is 1.28 bits per heavy atom. The van der Waals surface area contributed by atoms with Crippen molar-refractivity contribution in [3.63, 3.8) is 0 Å². The first kappa shape index (κ1) is 15.1. The van der Waals surface area contributed by atoms with Gasteiger partial charge in [0.15, 0.2) is 0 Å². The Balaban J connectivity index is 2.58. The molecule has 0 aliphatic heterocycles. The van der Waals surface area contributed by atoms with E-state index in [-0.39, 0.29) is 18.4 Å². The molecule has 18 heavy (non-hydrogen) atoms. The monoisotopic (exact) mass is 272 g/mol. The summed E-state index contributed by atoms with van der Waals surface area (Å²) in [6.07, 6.45) is -0.139. The molecule has 0 heterocycles. The van der Waals surface area contributed by atoms with Gasteiger partial charge in [-0.1, -0.05) is 24.3 Å². The first-order valence-electron chi connectivity index (χ1n) is 5.75. The molecule has 5 nitrogen and oxygen atoms in total. The Morgan fingerprint density at radius 3 is 2.33 bits per heavy atom. The average molecular weight is 272 g/mol. The molecule has 0 saturated heterocycles. The van der Waals surface area contributed by atoms with Crippen molar-refractivity contribution in [3.8, 4) is 0 Å². The number of sulfonamides is 1. The summed E-state index contributed by atoms with van der Waals surface area (Å²) in [6, 6.07) is 7.23. The summed E-state index contributed by atoms with van der Waals surface area (Å²) in [4.78, 5) is 0. The Hall–Kier alpha value is -0.950. The molecule has 1 atom stereocenters. The van der Waals surface area contributed by atoms with Crippen molar-refractivity contribution in [3.05, 3.63) is 35.4 Å². The smallest absolute Gasteiger partial charge is 0.215 e. The molecule has 0 fully saturated rings. The van der Waals surface area contributed by atoms with Crippen LogP contribution in [0.3, 0.4) is 0 Å². The number of hydrogen-bond acceptors (Lipinski definition) is 4. The fourth-order valence-electron chi connectivity index (χ4n) is 1.37. The van der Waals surface area contributed by atoms with Crippen LogP contribution in [0.2, 0.25) is 0 Å². The van der Waals surface area contributed by atoms with E-state index in [1.54, 1.807) is 26.2 Å². The minimum atomic E-state index is -3.32. The van der Waals surface area contributed by atoms with Crippen LogP contribution < -0.4 is 10.5 Å². The summed E-state index contributed by atoms with van der Waals surface area (Å²) < 4.78 is 31.1. The standard InChI is InChI=1S/C12H20N2O3S/c1-10(17-2)8-14-18(15,16)9-12-5-3-11(7-13)4-6-12/h3-6,10,14H,7-9,13H2,1-2H3. The van der Waals surface area contributed by atoms with Gasteiger partial charge in [-0.3, -0.25) is 0 Å². The second-order valence-corrected chi connectivity index (χ2v) is 5.98. The molecular weight excluding hydrogens is 252 g/mol. The summed E-state index contributed by atoms with van der Waals surface area (Å²) in [5.74, 6) is -0.0334. The summed E-state index contributed by atoms with van der Waals surface area (Å²) in [5, 5.41) is 0. The number of nitrogens with two attached hydrogens (primary N) is 1. The predicted molar refractivity (Wildman–Crippen MR) is 71.4 cm³/mol. The molecule has 0 aliphatic carbocycles. The summed E-state index contributed by atoms with van der Waals surface area (Å²) in [6.45, 7) is 2.54. The number of rotatable bonds is 7. The zero-order valence-electron chi connectivity index (χ0n) is 10.7. The van der Waals surface area contributed by atoms with E-state index >= 15 is 0 Å².